The van der Waals surface area contributed by atoms with E-state index in [1.807, 2.05) is 0 Å². The standard InChI is InChI=1S/C30H63NO7Si3/c1-28(2,3)39(10,11)34-21-25-27(38-41(14,15)30(7,8)9)24(37-40(12,13)29(4,5)6)20-26(36-25)35-23-19-17-16-18-22(23)31(32)33/h22-27H,16-21H2,1-15H3/t22-,23+,24-,25-,26?,27+/m1/s1. The summed E-state index contributed by atoms with van der Waals surface area (Å²) in [6, 6.07) is -0.699. The molecular weight excluding hydrogens is 571 g/mol. The molecular formula is C30H63NO7Si3. The minimum Gasteiger partial charge on any atom is -0.414 e. The summed E-state index contributed by atoms with van der Waals surface area (Å²) in [7, 11) is -6.51. The van der Waals surface area contributed by atoms with Crippen LogP contribution in [0.2, 0.25) is 54.4 Å². The minimum absolute atomic E-state index is 0.00768. The number of nitro groups is 1. The molecule has 2 rings (SSSR count). The van der Waals surface area contributed by atoms with Crippen LogP contribution in [0.4, 0.5) is 0 Å². The molecule has 0 spiro atoms. The summed E-state index contributed by atoms with van der Waals surface area (Å²) >= 11 is 0. The second-order valence-electron chi connectivity index (χ2n) is 17.0. The van der Waals surface area contributed by atoms with Gasteiger partial charge in [0, 0.05) is 17.8 Å². The van der Waals surface area contributed by atoms with Gasteiger partial charge >= 0.3 is 0 Å². The second-order valence-corrected chi connectivity index (χ2v) is 31.3. The Hall–Kier alpha value is -0.149. The van der Waals surface area contributed by atoms with Gasteiger partial charge in [0.05, 0.1) is 18.8 Å². The molecule has 0 aromatic heterocycles. The lowest BCUT2D eigenvalue weighted by atomic mass is 9.92. The first-order valence-corrected chi connectivity index (χ1v) is 24.5. The van der Waals surface area contributed by atoms with Crippen LogP contribution in [0, 0.1) is 10.1 Å². The topological polar surface area (TPSA) is 89.3 Å². The lowest BCUT2D eigenvalue weighted by Gasteiger charge is -2.51. The molecule has 242 valence electrons. The van der Waals surface area contributed by atoms with E-state index in [0.717, 1.165) is 12.8 Å². The van der Waals surface area contributed by atoms with Crippen molar-refractivity contribution in [1.29, 1.82) is 0 Å². The monoisotopic (exact) mass is 633 g/mol. The molecule has 1 saturated carbocycles. The first-order chi connectivity index (χ1) is 18.3. The van der Waals surface area contributed by atoms with E-state index >= 15 is 0 Å². The predicted octanol–water partition coefficient (Wildman–Crippen LogP) is 8.51. The summed E-state index contributed by atoms with van der Waals surface area (Å²) in [5.74, 6) is 0. The minimum atomic E-state index is -2.22. The SMILES string of the molecule is CC(C)(C)[Si](C)(C)OC[C@H]1OC(O[C@H]2CCCC[C@H]2[N+](=O)[O-])C[C@@H](O[Si](C)(C)C(C)(C)C)[C@@H]1O[Si](C)(C)C(C)(C)C. The van der Waals surface area contributed by atoms with Crippen LogP contribution in [0.15, 0.2) is 0 Å². The molecule has 2 fully saturated rings. The van der Waals surface area contributed by atoms with Gasteiger partial charge in [0.15, 0.2) is 31.2 Å². The molecule has 1 saturated heterocycles. The zero-order valence-corrected chi connectivity index (χ0v) is 32.0. The summed E-state index contributed by atoms with van der Waals surface area (Å²) < 4.78 is 34.2. The highest BCUT2D eigenvalue weighted by molar-refractivity contribution is 6.75. The number of hydrogen-bond donors (Lipinski definition) is 0. The van der Waals surface area contributed by atoms with Crippen LogP contribution in [-0.4, -0.2) is 73.2 Å². The Morgan fingerprint density at radius 2 is 1.24 bits per heavy atom. The van der Waals surface area contributed by atoms with Crippen LogP contribution in [0.1, 0.15) is 94.4 Å². The molecule has 2 aliphatic rings. The van der Waals surface area contributed by atoms with E-state index in [0.29, 0.717) is 25.9 Å². The van der Waals surface area contributed by atoms with Crippen molar-refractivity contribution < 1.29 is 27.7 Å². The highest BCUT2D eigenvalue weighted by Gasteiger charge is 2.52. The Kier molecular flexibility index (Phi) is 11.8. The van der Waals surface area contributed by atoms with Crippen molar-refractivity contribution in [2.75, 3.05) is 6.61 Å². The number of hydrogen-bond acceptors (Lipinski definition) is 7. The summed E-state index contributed by atoms with van der Waals surface area (Å²) in [5, 5.41) is 11.9. The Morgan fingerprint density at radius 1 is 0.756 bits per heavy atom. The van der Waals surface area contributed by atoms with E-state index in [4.69, 9.17) is 22.8 Å². The Bertz CT molecular complexity index is 877. The van der Waals surface area contributed by atoms with E-state index in [1.54, 1.807) is 0 Å². The first kappa shape index (κ1) is 37.0. The van der Waals surface area contributed by atoms with Gasteiger partial charge in [0.2, 0.25) is 6.04 Å². The van der Waals surface area contributed by atoms with Crippen LogP contribution in [0.3, 0.4) is 0 Å². The van der Waals surface area contributed by atoms with Gasteiger partial charge in [0.25, 0.3) is 0 Å². The Balaban J connectivity index is 2.51. The fourth-order valence-corrected chi connectivity index (χ4v) is 8.32. The number of ether oxygens (including phenoxy) is 2. The van der Waals surface area contributed by atoms with Crippen LogP contribution in [-0.2, 0) is 22.8 Å². The largest absolute Gasteiger partial charge is 0.414 e. The van der Waals surface area contributed by atoms with Crippen LogP contribution in [0.5, 0.6) is 0 Å². The molecule has 1 aliphatic carbocycles. The van der Waals surface area contributed by atoms with E-state index < -0.39 is 49.5 Å². The van der Waals surface area contributed by atoms with Gasteiger partial charge in [-0.3, -0.25) is 10.1 Å². The highest BCUT2D eigenvalue weighted by Crippen LogP contribution is 2.44. The van der Waals surface area contributed by atoms with E-state index in [-0.39, 0.29) is 32.2 Å². The number of rotatable bonds is 10. The fourth-order valence-electron chi connectivity index (χ4n) is 4.63. The summed E-state index contributed by atoms with van der Waals surface area (Å²) in [6.45, 7) is 34.2. The van der Waals surface area contributed by atoms with E-state index in [2.05, 4.69) is 102 Å². The Labute approximate surface area is 254 Å². The molecule has 0 aromatic carbocycles. The van der Waals surface area contributed by atoms with Crippen LogP contribution in [0.25, 0.3) is 0 Å². The molecule has 11 heteroatoms. The third-order valence-corrected chi connectivity index (χ3v) is 24.1. The summed E-state index contributed by atoms with van der Waals surface area (Å²) in [6.07, 6.45) is 1.46. The molecule has 0 bridgehead atoms. The average Bonchev–Trinajstić information content (AvgIpc) is 2.77. The van der Waals surface area contributed by atoms with Gasteiger partial charge in [-0.05, 0) is 67.2 Å². The van der Waals surface area contributed by atoms with Gasteiger partial charge in [-0.1, -0.05) is 68.7 Å². The second kappa shape index (κ2) is 13.1. The molecule has 1 unspecified atom stereocenters. The van der Waals surface area contributed by atoms with Gasteiger partial charge in [-0.2, -0.15) is 0 Å². The molecule has 0 aromatic rings. The fraction of sp³-hybridized carbons (Fsp3) is 1.00. The van der Waals surface area contributed by atoms with Gasteiger partial charge < -0.3 is 22.8 Å². The molecule has 0 radical (unpaired) electrons. The number of nitrogens with zero attached hydrogens (tertiary/aromatic N) is 1. The predicted molar refractivity (Wildman–Crippen MR) is 175 cm³/mol. The maximum atomic E-state index is 11.9. The van der Waals surface area contributed by atoms with Crippen molar-refractivity contribution >= 4 is 25.0 Å². The summed E-state index contributed by atoms with van der Waals surface area (Å²) in [4.78, 5) is 11.7. The molecule has 1 heterocycles. The third-order valence-electron chi connectivity index (χ3n) is 10.7. The van der Waals surface area contributed by atoms with Crippen molar-refractivity contribution in [3.8, 4) is 0 Å². The van der Waals surface area contributed by atoms with Gasteiger partial charge in [-0.25, -0.2) is 0 Å². The third kappa shape index (κ3) is 9.42. The molecule has 0 N–H and O–H groups in total. The van der Waals surface area contributed by atoms with Crippen molar-refractivity contribution in [1.82, 2.24) is 0 Å². The zero-order chi connectivity index (χ0) is 31.8. The molecule has 0 amide bonds. The lowest BCUT2D eigenvalue weighted by molar-refractivity contribution is -0.542. The summed E-state index contributed by atoms with van der Waals surface area (Å²) in [5.41, 5.74) is 0. The lowest BCUT2D eigenvalue weighted by Crippen LogP contribution is -2.61. The highest BCUT2D eigenvalue weighted by atomic mass is 28.4. The van der Waals surface area contributed by atoms with Crippen molar-refractivity contribution in [2.24, 2.45) is 0 Å². The normalized spacial score (nSPS) is 29.4. The molecule has 41 heavy (non-hydrogen) atoms. The average molecular weight is 634 g/mol. The van der Waals surface area contributed by atoms with E-state index in [1.165, 1.54) is 0 Å². The molecule has 6 atom stereocenters. The van der Waals surface area contributed by atoms with Crippen LogP contribution >= 0.6 is 0 Å². The molecule has 8 nitrogen and oxygen atoms in total. The molecule has 1 aliphatic heterocycles. The first-order valence-electron chi connectivity index (χ1n) is 15.7. The smallest absolute Gasteiger partial charge is 0.238 e. The maximum Gasteiger partial charge on any atom is 0.238 e. The van der Waals surface area contributed by atoms with E-state index in [9.17, 15) is 10.1 Å². The van der Waals surface area contributed by atoms with Gasteiger partial charge in [-0.15, -0.1) is 0 Å². The Morgan fingerprint density at radius 3 is 1.73 bits per heavy atom. The van der Waals surface area contributed by atoms with Crippen molar-refractivity contribution in [3.05, 3.63) is 10.1 Å². The van der Waals surface area contributed by atoms with Crippen LogP contribution < -0.4 is 0 Å². The van der Waals surface area contributed by atoms with Crippen molar-refractivity contribution in [2.45, 2.75) is 186 Å². The zero-order valence-electron chi connectivity index (χ0n) is 29.0. The van der Waals surface area contributed by atoms with Crippen molar-refractivity contribution in [3.63, 3.8) is 0 Å². The van der Waals surface area contributed by atoms with Gasteiger partial charge in [0.1, 0.15) is 12.2 Å². The maximum absolute atomic E-state index is 11.9. The quantitative estimate of drug-likeness (QED) is 0.135.